The molecule has 0 saturated carbocycles. The minimum atomic E-state index is -1.06. The zero-order chi connectivity index (χ0) is 14.5. The van der Waals surface area contributed by atoms with Gasteiger partial charge in [0.2, 0.25) is 0 Å². The summed E-state index contributed by atoms with van der Waals surface area (Å²) >= 11 is 0. The summed E-state index contributed by atoms with van der Waals surface area (Å²) in [5, 5.41) is 22.3. The van der Waals surface area contributed by atoms with E-state index in [1.54, 1.807) is 18.2 Å². The predicted octanol–water partition coefficient (Wildman–Crippen LogP) is 2.43. The van der Waals surface area contributed by atoms with Crippen LogP contribution < -0.4 is 10.0 Å². The molecule has 0 spiro atoms. The number of hydrogen-bond acceptors (Lipinski definition) is 3. The Labute approximate surface area is 117 Å². The average molecular weight is 274 g/mol. The van der Waals surface area contributed by atoms with Gasteiger partial charge in [0, 0.05) is 12.0 Å². The van der Waals surface area contributed by atoms with Gasteiger partial charge >= 0.3 is 6.09 Å². The molecule has 1 N–H and O–H groups in total. The Morgan fingerprint density at radius 2 is 2.15 bits per heavy atom. The minimum absolute atomic E-state index is 0.139. The van der Waals surface area contributed by atoms with E-state index in [4.69, 9.17) is 4.74 Å². The first-order chi connectivity index (χ1) is 9.63. The van der Waals surface area contributed by atoms with Gasteiger partial charge in [-0.25, -0.2) is 4.79 Å². The third-order valence-corrected chi connectivity index (χ3v) is 3.02. The van der Waals surface area contributed by atoms with Gasteiger partial charge in [-0.15, -0.1) is 5.75 Å². The number of benzene rings is 2. The maximum Gasteiger partial charge on any atom is 0.411 e. The quantitative estimate of drug-likeness (QED) is 0.850. The summed E-state index contributed by atoms with van der Waals surface area (Å²) in [6.45, 7) is 2.93. The molecule has 0 aliphatic heterocycles. The molecule has 0 fully saturated rings. The SMILES string of the molecule is CCOCCN(C(=O)O)c1cccc2ccc([O-])cc12. The maximum absolute atomic E-state index is 11.5. The lowest BCUT2D eigenvalue weighted by atomic mass is 10.1. The van der Waals surface area contributed by atoms with Gasteiger partial charge in [0.15, 0.2) is 0 Å². The second-order valence-electron chi connectivity index (χ2n) is 4.29. The van der Waals surface area contributed by atoms with Crippen molar-refractivity contribution in [2.24, 2.45) is 0 Å². The fraction of sp³-hybridized carbons (Fsp3) is 0.267. The van der Waals surface area contributed by atoms with Crippen LogP contribution in [0.1, 0.15) is 6.92 Å². The van der Waals surface area contributed by atoms with Crippen molar-refractivity contribution < 1.29 is 19.7 Å². The highest BCUT2D eigenvalue weighted by atomic mass is 16.5. The lowest BCUT2D eigenvalue weighted by molar-refractivity contribution is -0.268. The monoisotopic (exact) mass is 274 g/mol. The lowest BCUT2D eigenvalue weighted by Crippen LogP contribution is -2.32. The molecular weight excluding hydrogens is 258 g/mol. The first-order valence-corrected chi connectivity index (χ1v) is 6.41. The molecule has 5 heteroatoms. The van der Waals surface area contributed by atoms with Gasteiger partial charge in [0.1, 0.15) is 0 Å². The van der Waals surface area contributed by atoms with Crippen LogP contribution >= 0.6 is 0 Å². The Morgan fingerprint density at radius 3 is 2.85 bits per heavy atom. The summed E-state index contributed by atoms with van der Waals surface area (Å²) in [7, 11) is 0. The number of amides is 1. The van der Waals surface area contributed by atoms with E-state index in [1.807, 2.05) is 13.0 Å². The third-order valence-electron chi connectivity index (χ3n) is 3.02. The second-order valence-corrected chi connectivity index (χ2v) is 4.29. The van der Waals surface area contributed by atoms with E-state index >= 15 is 0 Å². The second kappa shape index (κ2) is 6.25. The van der Waals surface area contributed by atoms with Gasteiger partial charge < -0.3 is 14.9 Å². The predicted molar refractivity (Wildman–Crippen MR) is 75.3 cm³/mol. The van der Waals surface area contributed by atoms with E-state index in [2.05, 4.69) is 0 Å². The Bertz CT molecular complexity index is 612. The summed E-state index contributed by atoms with van der Waals surface area (Å²) in [6, 6.07) is 9.95. The molecule has 5 nitrogen and oxygen atoms in total. The van der Waals surface area contributed by atoms with Crippen LogP contribution in [0.25, 0.3) is 10.8 Å². The molecule has 20 heavy (non-hydrogen) atoms. The third kappa shape index (κ3) is 3.00. The van der Waals surface area contributed by atoms with E-state index in [9.17, 15) is 15.0 Å². The van der Waals surface area contributed by atoms with E-state index < -0.39 is 6.09 Å². The molecule has 2 aromatic rings. The number of hydrogen-bond donors (Lipinski definition) is 1. The van der Waals surface area contributed by atoms with Crippen LogP contribution in [0.15, 0.2) is 36.4 Å². The van der Waals surface area contributed by atoms with E-state index in [0.29, 0.717) is 24.3 Å². The molecule has 2 rings (SSSR count). The highest BCUT2D eigenvalue weighted by Gasteiger charge is 2.16. The smallest absolute Gasteiger partial charge is 0.411 e. The lowest BCUT2D eigenvalue weighted by Gasteiger charge is -2.21. The van der Waals surface area contributed by atoms with Crippen LogP contribution in [0, 0.1) is 0 Å². The van der Waals surface area contributed by atoms with Crippen molar-refractivity contribution in [3.63, 3.8) is 0 Å². The molecule has 106 valence electrons. The molecule has 0 heterocycles. The topological polar surface area (TPSA) is 72.8 Å². The van der Waals surface area contributed by atoms with Gasteiger partial charge in [-0.3, -0.25) is 4.90 Å². The van der Waals surface area contributed by atoms with Crippen LogP contribution in [0.5, 0.6) is 5.75 Å². The van der Waals surface area contributed by atoms with Crippen molar-refractivity contribution in [2.75, 3.05) is 24.7 Å². The summed E-state index contributed by atoms with van der Waals surface area (Å²) in [4.78, 5) is 12.6. The molecule has 0 bridgehead atoms. The molecular formula is C15H16NO4-. The van der Waals surface area contributed by atoms with Crippen LogP contribution in [0.3, 0.4) is 0 Å². The van der Waals surface area contributed by atoms with Crippen molar-refractivity contribution in [1.82, 2.24) is 0 Å². The molecule has 1 amide bonds. The Balaban J connectivity index is 2.42. The number of nitrogens with zero attached hydrogens (tertiary/aromatic N) is 1. The highest BCUT2D eigenvalue weighted by Crippen LogP contribution is 2.29. The standard InChI is InChI=1S/C15H17NO4/c1-2-20-9-8-16(15(18)19)14-5-3-4-11-6-7-12(17)10-13(11)14/h3-7,10,17H,2,8-9H2,1H3,(H,18,19)/p-1. The van der Waals surface area contributed by atoms with Gasteiger partial charge in [0.05, 0.1) is 18.8 Å². The first-order valence-electron chi connectivity index (χ1n) is 6.41. The van der Waals surface area contributed by atoms with Gasteiger partial charge in [-0.1, -0.05) is 30.3 Å². The Hall–Kier alpha value is -2.27. The van der Waals surface area contributed by atoms with Crippen molar-refractivity contribution in [3.05, 3.63) is 36.4 Å². The summed E-state index contributed by atoms with van der Waals surface area (Å²) in [5.41, 5.74) is 0.507. The van der Waals surface area contributed by atoms with Crippen LogP contribution in [-0.4, -0.2) is 31.0 Å². The molecule has 0 saturated heterocycles. The Kier molecular flexibility index (Phi) is 4.42. The fourth-order valence-electron chi connectivity index (χ4n) is 2.09. The molecule has 0 unspecified atom stereocenters. The zero-order valence-electron chi connectivity index (χ0n) is 11.2. The number of ether oxygens (including phenoxy) is 1. The number of fused-ring (bicyclic) bond motifs is 1. The van der Waals surface area contributed by atoms with Gasteiger partial charge in [-0.2, -0.15) is 0 Å². The van der Waals surface area contributed by atoms with Gasteiger partial charge in [-0.05, 0) is 18.4 Å². The minimum Gasteiger partial charge on any atom is -0.872 e. The maximum atomic E-state index is 11.5. The summed E-state index contributed by atoms with van der Waals surface area (Å²) in [6.07, 6.45) is -1.06. The van der Waals surface area contributed by atoms with Crippen molar-refractivity contribution in [2.45, 2.75) is 6.92 Å². The zero-order valence-corrected chi connectivity index (χ0v) is 11.2. The number of rotatable bonds is 5. The number of carboxylic acid groups (broad SMARTS) is 1. The van der Waals surface area contributed by atoms with E-state index in [1.165, 1.54) is 17.0 Å². The summed E-state index contributed by atoms with van der Waals surface area (Å²) < 4.78 is 5.20. The largest absolute Gasteiger partial charge is 0.872 e. The van der Waals surface area contributed by atoms with Crippen LogP contribution in [-0.2, 0) is 4.74 Å². The molecule has 0 aromatic heterocycles. The molecule has 0 aliphatic rings. The van der Waals surface area contributed by atoms with E-state index in [-0.39, 0.29) is 12.3 Å². The molecule has 0 radical (unpaired) electrons. The number of anilines is 1. The average Bonchev–Trinajstić information content (AvgIpc) is 2.43. The van der Waals surface area contributed by atoms with Crippen LogP contribution in [0.2, 0.25) is 0 Å². The molecule has 2 aromatic carbocycles. The molecule has 0 atom stereocenters. The summed E-state index contributed by atoms with van der Waals surface area (Å²) in [5.74, 6) is -0.139. The van der Waals surface area contributed by atoms with Crippen molar-refractivity contribution >= 4 is 22.6 Å². The number of carbonyl (C=O) groups is 1. The Morgan fingerprint density at radius 1 is 1.35 bits per heavy atom. The highest BCUT2D eigenvalue weighted by molar-refractivity contribution is 6.01. The fourth-order valence-corrected chi connectivity index (χ4v) is 2.09. The van der Waals surface area contributed by atoms with Crippen LogP contribution in [0.4, 0.5) is 10.5 Å². The normalized spacial score (nSPS) is 10.7. The molecule has 0 aliphatic carbocycles. The van der Waals surface area contributed by atoms with Gasteiger partial charge in [0.25, 0.3) is 0 Å². The first kappa shape index (κ1) is 14.1. The van der Waals surface area contributed by atoms with Crippen molar-refractivity contribution in [3.8, 4) is 5.75 Å². The van der Waals surface area contributed by atoms with E-state index in [0.717, 1.165) is 5.39 Å². The van der Waals surface area contributed by atoms with Crippen molar-refractivity contribution in [1.29, 1.82) is 0 Å².